The minimum absolute atomic E-state index is 0.401. The summed E-state index contributed by atoms with van der Waals surface area (Å²) >= 11 is 0. The number of methoxy groups -OCH3 is 1. The second kappa shape index (κ2) is 4.71. The minimum atomic E-state index is -0.845. The molecule has 1 aliphatic rings. The van der Waals surface area contributed by atoms with E-state index in [0.717, 1.165) is 35.5 Å². The van der Waals surface area contributed by atoms with Crippen molar-refractivity contribution in [3.8, 4) is 17.0 Å². The Kier molecular flexibility index (Phi) is 3.01. The number of carboxylic acids is 1. The van der Waals surface area contributed by atoms with E-state index >= 15 is 0 Å². The topological polar surface area (TPSA) is 51.5 Å². The molecule has 4 nitrogen and oxygen atoms in total. The van der Waals surface area contributed by atoms with E-state index in [2.05, 4.69) is 0 Å². The van der Waals surface area contributed by atoms with Crippen molar-refractivity contribution in [2.24, 2.45) is 7.05 Å². The van der Waals surface area contributed by atoms with Crippen molar-refractivity contribution in [3.05, 3.63) is 41.6 Å². The molecule has 1 fully saturated rings. The van der Waals surface area contributed by atoms with Crippen molar-refractivity contribution in [2.45, 2.75) is 18.8 Å². The fourth-order valence-electron chi connectivity index (χ4n) is 2.68. The van der Waals surface area contributed by atoms with Crippen LogP contribution in [0.1, 0.15) is 34.8 Å². The molecule has 20 heavy (non-hydrogen) atoms. The molecule has 0 aliphatic heterocycles. The molecule has 0 bridgehead atoms. The number of aromatic nitrogens is 1. The molecule has 1 saturated carbocycles. The number of hydrogen-bond donors (Lipinski definition) is 1. The molecule has 2 aromatic rings. The smallest absolute Gasteiger partial charge is 0.337 e. The highest BCUT2D eigenvalue weighted by atomic mass is 16.5. The first-order chi connectivity index (χ1) is 9.61. The Morgan fingerprint density at radius 3 is 2.45 bits per heavy atom. The average Bonchev–Trinajstić information content (AvgIpc) is 3.22. The maximum absolute atomic E-state index is 11.4. The maximum atomic E-state index is 11.4. The van der Waals surface area contributed by atoms with Crippen LogP contribution in [-0.4, -0.2) is 22.8 Å². The molecule has 1 N–H and O–H groups in total. The highest BCUT2D eigenvalue weighted by Crippen LogP contribution is 2.43. The number of aromatic carboxylic acids is 1. The molecule has 1 aromatic heterocycles. The highest BCUT2D eigenvalue weighted by Gasteiger charge is 2.32. The predicted octanol–water partition coefficient (Wildman–Crippen LogP) is 3.28. The first-order valence-corrected chi connectivity index (χ1v) is 6.69. The van der Waals surface area contributed by atoms with Crippen LogP contribution >= 0.6 is 0 Å². The zero-order valence-corrected chi connectivity index (χ0v) is 11.6. The third-order valence-corrected chi connectivity index (χ3v) is 3.86. The molecule has 0 spiro atoms. The molecule has 104 valence electrons. The van der Waals surface area contributed by atoms with Crippen LogP contribution in [0.2, 0.25) is 0 Å². The summed E-state index contributed by atoms with van der Waals surface area (Å²) in [4.78, 5) is 11.4. The molecule has 1 aliphatic carbocycles. The summed E-state index contributed by atoms with van der Waals surface area (Å²) in [5.74, 6) is 0.351. The summed E-state index contributed by atoms with van der Waals surface area (Å²) in [5.41, 5.74) is 3.32. The van der Waals surface area contributed by atoms with E-state index < -0.39 is 5.97 Å². The number of carbonyl (C=O) groups is 1. The Bertz CT molecular complexity index is 651. The van der Waals surface area contributed by atoms with Gasteiger partial charge in [-0.3, -0.25) is 0 Å². The van der Waals surface area contributed by atoms with Gasteiger partial charge < -0.3 is 14.4 Å². The van der Waals surface area contributed by atoms with E-state index in [9.17, 15) is 9.90 Å². The average molecular weight is 271 g/mol. The van der Waals surface area contributed by atoms with Crippen LogP contribution in [0, 0.1) is 0 Å². The first-order valence-electron chi connectivity index (χ1n) is 6.69. The van der Waals surface area contributed by atoms with Crippen molar-refractivity contribution < 1.29 is 14.6 Å². The number of benzene rings is 1. The van der Waals surface area contributed by atoms with Crippen LogP contribution in [0.3, 0.4) is 0 Å². The Morgan fingerprint density at radius 2 is 1.95 bits per heavy atom. The van der Waals surface area contributed by atoms with Gasteiger partial charge >= 0.3 is 5.97 Å². The Balaban J connectivity index is 2.08. The SMILES string of the molecule is COc1ccc(-c2cc(C(=O)O)c(C3CC3)n2C)cc1. The molecule has 0 amide bonds. The maximum Gasteiger partial charge on any atom is 0.337 e. The van der Waals surface area contributed by atoms with Gasteiger partial charge in [0.2, 0.25) is 0 Å². The molecular weight excluding hydrogens is 254 g/mol. The van der Waals surface area contributed by atoms with E-state index in [1.807, 2.05) is 35.9 Å². The second-order valence-corrected chi connectivity index (χ2v) is 5.20. The number of carboxylic acid groups (broad SMARTS) is 1. The summed E-state index contributed by atoms with van der Waals surface area (Å²) in [6.07, 6.45) is 2.17. The quantitative estimate of drug-likeness (QED) is 0.928. The molecule has 1 aromatic carbocycles. The van der Waals surface area contributed by atoms with Crippen LogP contribution in [0.25, 0.3) is 11.3 Å². The standard InChI is InChI=1S/C16H17NO3/c1-17-14(10-5-7-12(20-2)8-6-10)9-13(16(18)19)15(17)11-3-4-11/h5-9,11H,3-4H2,1-2H3,(H,18,19). The van der Waals surface area contributed by atoms with Gasteiger partial charge in [-0.05, 0) is 48.7 Å². The zero-order valence-electron chi connectivity index (χ0n) is 11.6. The van der Waals surface area contributed by atoms with Gasteiger partial charge in [-0.25, -0.2) is 4.79 Å². The molecule has 0 unspecified atom stereocenters. The highest BCUT2D eigenvalue weighted by molar-refractivity contribution is 5.91. The van der Waals surface area contributed by atoms with Crippen LogP contribution < -0.4 is 4.74 Å². The molecule has 3 rings (SSSR count). The van der Waals surface area contributed by atoms with E-state index in [-0.39, 0.29) is 0 Å². The number of ether oxygens (including phenoxy) is 1. The van der Waals surface area contributed by atoms with Gasteiger partial charge in [-0.1, -0.05) is 0 Å². The number of nitrogens with zero attached hydrogens (tertiary/aromatic N) is 1. The van der Waals surface area contributed by atoms with Gasteiger partial charge in [0.1, 0.15) is 5.75 Å². The van der Waals surface area contributed by atoms with E-state index in [1.54, 1.807) is 13.2 Å². The molecule has 4 heteroatoms. The Hall–Kier alpha value is -2.23. The fraction of sp³-hybridized carbons (Fsp3) is 0.312. The van der Waals surface area contributed by atoms with Crippen molar-refractivity contribution >= 4 is 5.97 Å². The van der Waals surface area contributed by atoms with Gasteiger partial charge in [0.25, 0.3) is 0 Å². The van der Waals surface area contributed by atoms with Crippen LogP contribution in [0.4, 0.5) is 0 Å². The molecule has 1 heterocycles. The van der Waals surface area contributed by atoms with Gasteiger partial charge in [0.05, 0.1) is 12.7 Å². The lowest BCUT2D eigenvalue weighted by molar-refractivity contribution is 0.0695. The van der Waals surface area contributed by atoms with Crippen molar-refractivity contribution in [1.29, 1.82) is 0 Å². The van der Waals surface area contributed by atoms with Crippen LogP contribution in [0.15, 0.2) is 30.3 Å². The van der Waals surface area contributed by atoms with Gasteiger partial charge in [-0.15, -0.1) is 0 Å². The number of hydrogen-bond acceptors (Lipinski definition) is 2. The lowest BCUT2D eigenvalue weighted by Gasteiger charge is -2.08. The van der Waals surface area contributed by atoms with Crippen molar-refractivity contribution in [3.63, 3.8) is 0 Å². The van der Waals surface area contributed by atoms with Crippen molar-refractivity contribution in [1.82, 2.24) is 4.57 Å². The van der Waals surface area contributed by atoms with Gasteiger partial charge in [-0.2, -0.15) is 0 Å². The zero-order chi connectivity index (χ0) is 14.3. The third kappa shape index (κ3) is 2.07. The molecule has 0 saturated heterocycles. The van der Waals surface area contributed by atoms with E-state index in [0.29, 0.717) is 11.5 Å². The predicted molar refractivity (Wildman–Crippen MR) is 76.3 cm³/mol. The second-order valence-electron chi connectivity index (χ2n) is 5.20. The Labute approximate surface area is 117 Å². The van der Waals surface area contributed by atoms with Gasteiger partial charge in [0, 0.05) is 24.4 Å². The van der Waals surface area contributed by atoms with Crippen LogP contribution in [0.5, 0.6) is 5.75 Å². The van der Waals surface area contributed by atoms with E-state index in [4.69, 9.17) is 4.74 Å². The molecule has 0 atom stereocenters. The fourth-order valence-corrected chi connectivity index (χ4v) is 2.68. The Morgan fingerprint density at radius 1 is 1.30 bits per heavy atom. The molecular formula is C16H17NO3. The van der Waals surface area contributed by atoms with Gasteiger partial charge in [0.15, 0.2) is 0 Å². The summed E-state index contributed by atoms with van der Waals surface area (Å²) in [6.45, 7) is 0. The van der Waals surface area contributed by atoms with E-state index in [1.165, 1.54) is 0 Å². The monoisotopic (exact) mass is 271 g/mol. The summed E-state index contributed by atoms with van der Waals surface area (Å²) in [5, 5.41) is 9.38. The summed E-state index contributed by atoms with van der Waals surface area (Å²) < 4.78 is 7.17. The van der Waals surface area contributed by atoms with Crippen molar-refractivity contribution in [2.75, 3.05) is 7.11 Å². The number of rotatable bonds is 4. The first kappa shape index (κ1) is 12.8. The lowest BCUT2D eigenvalue weighted by Crippen LogP contribution is -2.03. The minimum Gasteiger partial charge on any atom is -0.497 e. The lowest BCUT2D eigenvalue weighted by atomic mass is 10.1. The largest absolute Gasteiger partial charge is 0.497 e. The normalized spacial score (nSPS) is 14.3. The summed E-state index contributed by atoms with van der Waals surface area (Å²) in [7, 11) is 3.57. The third-order valence-electron chi connectivity index (χ3n) is 3.86. The molecule has 0 radical (unpaired) electrons. The van der Waals surface area contributed by atoms with Crippen LogP contribution in [-0.2, 0) is 7.05 Å². The summed E-state index contributed by atoms with van der Waals surface area (Å²) in [6, 6.07) is 9.46.